The Bertz CT molecular complexity index is 363. The van der Waals surface area contributed by atoms with E-state index in [0.717, 1.165) is 17.6 Å². The Labute approximate surface area is 102 Å². The number of rotatable bonds is 1. The topological polar surface area (TPSA) is 6.48 Å². The van der Waals surface area contributed by atoms with Crippen molar-refractivity contribution in [1.82, 2.24) is 4.90 Å². The molecular weight excluding hydrogens is 220 g/mol. The van der Waals surface area contributed by atoms with E-state index in [1.807, 2.05) is 12.1 Å². The SMILES string of the molecule is Clc1ccc(N2CCN3CCCC3C2)cc1. The Kier molecular flexibility index (Phi) is 2.78. The van der Waals surface area contributed by atoms with Crippen LogP contribution in [0.4, 0.5) is 5.69 Å². The van der Waals surface area contributed by atoms with Crippen molar-refractivity contribution in [2.75, 3.05) is 31.1 Å². The van der Waals surface area contributed by atoms with Crippen molar-refractivity contribution in [3.63, 3.8) is 0 Å². The molecule has 2 aliphatic rings. The van der Waals surface area contributed by atoms with E-state index in [1.54, 1.807) is 0 Å². The summed E-state index contributed by atoms with van der Waals surface area (Å²) >= 11 is 5.91. The zero-order valence-corrected chi connectivity index (χ0v) is 10.2. The van der Waals surface area contributed by atoms with Crippen molar-refractivity contribution in [2.45, 2.75) is 18.9 Å². The molecule has 2 heterocycles. The van der Waals surface area contributed by atoms with Gasteiger partial charge in [0.15, 0.2) is 0 Å². The molecule has 1 aromatic carbocycles. The highest BCUT2D eigenvalue weighted by Crippen LogP contribution is 2.26. The third kappa shape index (κ3) is 1.92. The molecule has 3 rings (SSSR count). The minimum atomic E-state index is 0.782. The largest absolute Gasteiger partial charge is 0.369 e. The third-order valence-electron chi connectivity index (χ3n) is 3.78. The van der Waals surface area contributed by atoms with Gasteiger partial charge in [-0.15, -0.1) is 0 Å². The van der Waals surface area contributed by atoms with Crippen molar-refractivity contribution in [1.29, 1.82) is 0 Å². The number of anilines is 1. The van der Waals surface area contributed by atoms with Gasteiger partial charge in [0.05, 0.1) is 0 Å². The van der Waals surface area contributed by atoms with Gasteiger partial charge in [0.25, 0.3) is 0 Å². The molecule has 1 unspecified atom stereocenters. The zero-order valence-electron chi connectivity index (χ0n) is 9.40. The molecule has 2 nitrogen and oxygen atoms in total. The highest BCUT2D eigenvalue weighted by Gasteiger charge is 2.30. The predicted octanol–water partition coefficient (Wildman–Crippen LogP) is 2.62. The van der Waals surface area contributed by atoms with Gasteiger partial charge in [-0.05, 0) is 43.7 Å². The van der Waals surface area contributed by atoms with E-state index in [2.05, 4.69) is 21.9 Å². The summed E-state index contributed by atoms with van der Waals surface area (Å²) in [4.78, 5) is 5.12. The van der Waals surface area contributed by atoms with Crippen LogP contribution in [0, 0.1) is 0 Å². The fraction of sp³-hybridized carbons (Fsp3) is 0.538. The van der Waals surface area contributed by atoms with Crippen molar-refractivity contribution < 1.29 is 0 Å². The standard InChI is InChI=1S/C13H17ClN2/c14-11-3-5-12(6-4-11)16-9-8-15-7-1-2-13(15)10-16/h3-6,13H,1-2,7-10H2. The van der Waals surface area contributed by atoms with Gasteiger partial charge < -0.3 is 4.90 Å². The lowest BCUT2D eigenvalue weighted by Gasteiger charge is -2.38. The van der Waals surface area contributed by atoms with Crippen molar-refractivity contribution >= 4 is 17.3 Å². The van der Waals surface area contributed by atoms with E-state index >= 15 is 0 Å². The highest BCUT2D eigenvalue weighted by molar-refractivity contribution is 6.30. The monoisotopic (exact) mass is 236 g/mol. The van der Waals surface area contributed by atoms with Crippen LogP contribution in [0.3, 0.4) is 0 Å². The summed E-state index contributed by atoms with van der Waals surface area (Å²) in [5.74, 6) is 0. The minimum Gasteiger partial charge on any atom is -0.369 e. The second-order valence-electron chi connectivity index (χ2n) is 4.75. The summed E-state index contributed by atoms with van der Waals surface area (Å²) in [6.07, 6.45) is 2.74. The van der Waals surface area contributed by atoms with E-state index in [1.165, 1.54) is 38.2 Å². The average molecular weight is 237 g/mol. The van der Waals surface area contributed by atoms with Gasteiger partial charge in [0, 0.05) is 36.4 Å². The Morgan fingerprint density at radius 3 is 2.69 bits per heavy atom. The van der Waals surface area contributed by atoms with Crippen molar-refractivity contribution in [3.05, 3.63) is 29.3 Å². The van der Waals surface area contributed by atoms with Gasteiger partial charge in [0.2, 0.25) is 0 Å². The van der Waals surface area contributed by atoms with E-state index in [4.69, 9.17) is 11.6 Å². The zero-order chi connectivity index (χ0) is 11.0. The van der Waals surface area contributed by atoms with Gasteiger partial charge in [-0.3, -0.25) is 4.90 Å². The predicted molar refractivity (Wildman–Crippen MR) is 68.3 cm³/mol. The molecule has 0 amide bonds. The van der Waals surface area contributed by atoms with Crippen LogP contribution in [0.1, 0.15) is 12.8 Å². The molecule has 0 N–H and O–H groups in total. The molecule has 86 valence electrons. The molecule has 0 bridgehead atoms. The number of nitrogens with zero attached hydrogens (tertiary/aromatic N) is 2. The first-order valence-corrected chi connectivity index (χ1v) is 6.45. The number of benzene rings is 1. The van der Waals surface area contributed by atoms with Crippen LogP contribution in [0.15, 0.2) is 24.3 Å². The molecular formula is C13H17ClN2. The Balaban J connectivity index is 1.74. The molecule has 3 heteroatoms. The maximum Gasteiger partial charge on any atom is 0.0407 e. The summed E-state index contributed by atoms with van der Waals surface area (Å²) in [6, 6.07) is 9.01. The normalized spacial score (nSPS) is 25.8. The molecule has 1 aromatic rings. The molecule has 1 atom stereocenters. The molecule has 0 spiro atoms. The van der Waals surface area contributed by atoms with E-state index < -0.39 is 0 Å². The summed E-state index contributed by atoms with van der Waals surface area (Å²) in [6.45, 7) is 4.85. The van der Waals surface area contributed by atoms with Gasteiger partial charge in [-0.2, -0.15) is 0 Å². The number of halogens is 1. The lowest BCUT2D eigenvalue weighted by Crippen LogP contribution is -2.50. The Morgan fingerprint density at radius 2 is 1.88 bits per heavy atom. The quantitative estimate of drug-likeness (QED) is 0.740. The van der Waals surface area contributed by atoms with Crippen LogP contribution in [0.25, 0.3) is 0 Å². The molecule has 2 fully saturated rings. The first kappa shape index (κ1) is 10.4. The molecule has 0 radical (unpaired) electrons. The maximum absolute atomic E-state index is 5.91. The Morgan fingerprint density at radius 1 is 1.06 bits per heavy atom. The van der Waals surface area contributed by atoms with E-state index in [0.29, 0.717) is 0 Å². The molecule has 2 aliphatic heterocycles. The van der Waals surface area contributed by atoms with Crippen LogP contribution in [0.5, 0.6) is 0 Å². The lowest BCUT2D eigenvalue weighted by molar-refractivity contribution is 0.231. The molecule has 2 saturated heterocycles. The first-order valence-electron chi connectivity index (χ1n) is 6.07. The molecule has 0 aliphatic carbocycles. The van der Waals surface area contributed by atoms with E-state index in [-0.39, 0.29) is 0 Å². The highest BCUT2D eigenvalue weighted by atomic mass is 35.5. The first-order chi connectivity index (χ1) is 7.83. The van der Waals surface area contributed by atoms with Gasteiger partial charge in [-0.1, -0.05) is 11.6 Å². The number of hydrogen-bond donors (Lipinski definition) is 0. The van der Waals surface area contributed by atoms with Crippen LogP contribution >= 0.6 is 11.6 Å². The van der Waals surface area contributed by atoms with Crippen molar-refractivity contribution in [3.8, 4) is 0 Å². The van der Waals surface area contributed by atoms with Gasteiger partial charge in [-0.25, -0.2) is 0 Å². The maximum atomic E-state index is 5.91. The summed E-state index contributed by atoms with van der Waals surface area (Å²) < 4.78 is 0. The Hall–Kier alpha value is -0.730. The number of fused-ring (bicyclic) bond motifs is 1. The number of hydrogen-bond acceptors (Lipinski definition) is 2. The van der Waals surface area contributed by atoms with Crippen molar-refractivity contribution in [2.24, 2.45) is 0 Å². The van der Waals surface area contributed by atoms with Crippen LogP contribution in [-0.2, 0) is 0 Å². The minimum absolute atomic E-state index is 0.782. The summed E-state index contributed by atoms with van der Waals surface area (Å²) in [5, 5.41) is 0.822. The summed E-state index contributed by atoms with van der Waals surface area (Å²) in [5.41, 5.74) is 1.32. The van der Waals surface area contributed by atoms with E-state index in [9.17, 15) is 0 Å². The fourth-order valence-electron chi connectivity index (χ4n) is 2.88. The summed E-state index contributed by atoms with van der Waals surface area (Å²) in [7, 11) is 0. The van der Waals surface area contributed by atoms with Crippen LogP contribution in [-0.4, -0.2) is 37.1 Å². The molecule has 0 aromatic heterocycles. The second kappa shape index (κ2) is 4.27. The van der Waals surface area contributed by atoms with Crippen LogP contribution < -0.4 is 4.90 Å². The fourth-order valence-corrected chi connectivity index (χ4v) is 3.00. The average Bonchev–Trinajstić information content (AvgIpc) is 2.77. The smallest absolute Gasteiger partial charge is 0.0407 e. The molecule has 16 heavy (non-hydrogen) atoms. The lowest BCUT2D eigenvalue weighted by atomic mass is 10.1. The molecule has 0 saturated carbocycles. The number of piperazine rings is 1. The van der Waals surface area contributed by atoms with Gasteiger partial charge >= 0.3 is 0 Å². The second-order valence-corrected chi connectivity index (χ2v) is 5.19. The van der Waals surface area contributed by atoms with Crippen LogP contribution in [0.2, 0.25) is 5.02 Å². The van der Waals surface area contributed by atoms with Gasteiger partial charge in [0.1, 0.15) is 0 Å². The third-order valence-corrected chi connectivity index (χ3v) is 4.03.